The highest BCUT2D eigenvalue weighted by Gasteiger charge is 2.31. The molecule has 0 spiro atoms. The van der Waals surface area contributed by atoms with Gasteiger partial charge in [0.15, 0.2) is 5.96 Å². The number of ether oxygens (including phenoxy) is 2. The number of hydrogen-bond donors (Lipinski definition) is 2. The average Bonchev–Trinajstić information content (AvgIpc) is 3.25. The lowest BCUT2D eigenvalue weighted by atomic mass is 9.83. The maximum absolute atomic E-state index is 6.01. The van der Waals surface area contributed by atoms with E-state index in [9.17, 15) is 0 Å². The second-order valence-electron chi connectivity index (χ2n) is 8.55. The van der Waals surface area contributed by atoms with Gasteiger partial charge in [-0.05, 0) is 55.6 Å². The highest BCUT2D eigenvalue weighted by atomic mass is 127. The second kappa shape index (κ2) is 13.5. The molecule has 0 bridgehead atoms. The standard InChI is InChI=1S/C24H39N3O2.HI/c1-3-24(13-5-6-14-24)19-27-23(25-4-2)26-17-20-7-9-21(10-8-20)18-29-22-11-15-28-16-12-22;/h7-10,22H,3-6,11-19H2,1-2H3,(H2,25,26,27);1H. The van der Waals surface area contributed by atoms with Crippen LogP contribution in [0.2, 0.25) is 0 Å². The molecule has 1 aromatic rings. The van der Waals surface area contributed by atoms with Crippen molar-refractivity contribution in [1.82, 2.24) is 10.6 Å². The summed E-state index contributed by atoms with van der Waals surface area (Å²) in [6.07, 6.45) is 9.02. The molecule has 5 nitrogen and oxygen atoms in total. The number of rotatable bonds is 9. The summed E-state index contributed by atoms with van der Waals surface area (Å²) in [5.41, 5.74) is 2.91. The molecule has 2 aliphatic rings. The molecule has 2 fully saturated rings. The van der Waals surface area contributed by atoms with Crippen molar-refractivity contribution in [3.05, 3.63) is 35.4 Å². The van der Waals surface area contributed by atoms with Crippen LogP contribution in [-0.4, -0.2) is 38.4 Å². The minimum absolute atomic E-state index is 0. The lowest BCUT2D eigenvalue weighted by Crippen LogP contribution is -2.42. The molecule has 0 radical (unpaired) electrons. The van der Waals surface area contributed by atoms with Gasteiger partial charge in [0.25, 0.3) is 0 Å². The average molecular weight is 530 g/mol. The van der Waals surface area contributed by atoms with Gasteiger partial charge in [-0.15, -0.1) is 24.0 Å². The third-order valence-corrected chi connectivity index (χ3v) is 6.49. The number of halogens is 1. The van der Waals surface area contributed by atoms with Gasteiger partial charge >= 0.3 is 0 Å². The zero-order chi connectivity index (χ0) is 20.4. The van der Waals surface area contributed by atoms with Crippen molar-refractivity contribution < 1.29 is 9.47 Å². The normalized spacial score (nSPS) is 19.3. The van der Waals surface area contributed by atoms with Crippen LogP contribution in [0, 0.1) is 5.41 Å². The van der Waals surface area contributed by atoms with E-state index in [4.69, 9.17) is 14.5 Å². The van der Waals surface area contributed by atoms with Crippen molar-refractivity contribution in [3.8, 4) is 0 Å². The van der Waals surface area contributed by atoms with Crippen molar-refractivity contribution in [2.75, 3.05) is 26.3 Å². The summed E-state index contributed by atoms with van der Waals surface area (Å²) < 4.78 is 11.4. The number of guanidine groups is 1. The molecule has 0 unspecified atom stereocenters. The van der Waals surface area contributed by atoms with Gasteiger partial charge in [-0.2, -0.15) is 0 Å². The molecule has 1 saturated carbocycles. The van der Waals surface area contributed by atoms with Crippen LogP contribution < -0.4 is 10.6 Å². The monoisotopic (exact) mass is 529 g/mol. The molecule has 1 heterocycles. The molecule has 2 N–H and O–H groups in total. The molecule has 6 heteroatoms. The predicted octanol–water partition coefficient (Wildman–Crippen LogP) is 5.03. The zero-order valence-corrected chi connectivity index (χ0v) is 21.1. The summed E-state index contributed by atoms with van der Waals surface area (Å²) >= 11 is 0. The van der Waals surface area contributed by atoms with Gasteiger partial charge in [-0.3, -0.25) is 0 Å². The Bertz CT molecular complexity index is 624. The van der Waals surface area contributed by atoms with Crippen LogP contribution in [-0.2, 0) is 22.6 Å². The van der Waals surface area contributed by atoms with Crippen LogP contribution in [0.15, 0.2) is 29.3 Å². The summed E-state index contributed by atoms with van der Waals surface area (Å²) in [4.78, 5) is 4.81. The van der Waals surface area contributed by atoms with E-state index in [2.05, 4.69) is 48.7 Å². The van der Waals surface area contributed by atoms with Crippen molar-refractivity contribution >= 4 is 29.9 Å². The van der Waals surface area contributed by atoms with E-state index in [0.717, 1.165) is 45.1 Å². The fraction of sp³-hybridized carbons (Fsp3) is 0.708. The zero-order valence-electron chi connectivity index (χ0n) is 18.8. The fourth-order valence-corrected chi connectivity index (χ4v) is 4.36. The molecule has 170 valence electrons. The first kappa shape index (κ1) is 25.4. The van der Waals surface area contributed by atoms with Gasteiger partial charge in [0.1, 0.15) is 0 Å². The quantitative estimate of drug-likeness (QED) is 0.268. The first-order chi connectivity index (χ1) is 14.2. The topological polar surface area (TPSA) is 54.9 Å². The molecule has 1 aliphatic heterocycles. The number of nitrogens with one attached hydrogen (secondary N) is 2. The van der Waals surface area contributed by atoms with E-state index in [1.54, 1.807) is 0 Å². The van der Waals surface area contributed by atoms with E-state index in [1.807, 2.05) is 0 Å². The summed E-state index contributed by atoms with van der Waals surface area (Å²) in [5.74, 6) is 0.930. The van der Waals surface area contributed by atoms with Gasteiger partial charge in [-0.1, -0.05) is 44.0 Å². The number of benzene rings is 1. The first-order valence-corrected chi connectivity index (χ1v) is 11.5. The Hall–Kier alpha value is -0.860. The highest BCUT2D eigenvalue weighted by molar-refractivity contribution is 14.0. The Labute approximate surface area is 199 Å². The van der Waals surface area contributed by atoms with Crippen LogP contribution in [0.5, 0.6) is 0 Å². The molecule has 0 aromatic heterocycles. The summed E-state index contributed by atoms with van der Waals surface area (Å²) in [5, 5.41) is 7.00. The van der Waals surface area contributed by atoms with Crippen molar-refractivity contribution in [2.24, 2.45) is 10.4 Å². The molecule has 1 saturated heterocycles. The predicted molar refractivity (Wildman–Crippen MR) is 134 cm³/mol. The maximum Gasteiger partial charge on any atom is 0.191 e. The SMILES string of the molecule is CCNC(=NCc1ccc(COC2CCOCC2)cc1)NCC1(CC)CCCC1.I. The third kappa shape index (κ3) is 8.00. The van der Waals surface area contributed by atoms with Crippen LogP contribution in [0.25, 0.3) is 0 Å². The molecule has 0 atom stereocenters. The molecular formula is C24H40IN3O2. The van der Waals surface area contributed by atoms with Crippen LogP contribution in [0.1, 0.15) is 69.9 Å². The van der Waals surface area contributed by atoms with Crippen LogP contribution in [0.3, 0.4) is 0 Å². The number of nitrogens with zero attached hydrogens (tertiary/aromatic N) is 1. The molecule has 1 aliphatic carbocycles. The molecule has 1 aromatic carbocycles. The summed E-state index contributed by atoms with van der Waals surface area (Å²) in [7, 11) is 0. The van der Waals surface area contributed by atoms with Crippen molar-refractivity contribution in [3.63, 3.8) is 0 Å². The number of hydrogen-bond acceptors (Lipinski definition) is 3. The minimum atomic E-state index is 0. The Morgan fingerprint density at radius 3 is 2.37 bits per heavy atom. The van der Waals surface area contributed by atoms with E-state index in [1.165, 1.54) is 43.2 Å². The van der Waals surface area contributed by atoms with E-state index in [-0.39, 0.29) is 24.0 Å². The van der Waals surface area contributed by atoms with E-state index in [0.29, 0.717) is 24.7 Å². The number of aliphatic imine (C=N–C) groups is 1. The van der Waals surface area contributed by atoms with Gasteiger partial charge in [0.2, 0.25) is 0 Å². The lowest BCUT2D eigenvalue weighted by molar-refractivity contribution is -0.0390. The molecule has 0 amide bonds. The fourth-order valence-electron chi connectivity index (χ4n) is 4.36. The first-order valence-electron chi connectivity index (χ1n) is 11.5. The van der Waals surface area contributed by atoms with Gasteiger partial charge in [0.05, 0.1) is 19.3 Å². The third-order valence-electron chi connectivity index (χ3n) is 6.49. The maximum atomic E-state index is 6.01. The molecule has 30 heavy (non-hydrogen) atoms. The van der Waals surface area contributed by atoms with E-state index >= 15 is 0 Å². The second-order valence-corrected chi connectivity index (χ2v) is 8.55. The van der Waals surface area contributed by atoms with E-state index < -0.39 is 0 Å². The molecule has 3 rings (SSSR count). The smallest absolute Gasteiger partial charge is 0.191 e. The van der Waals surface area contributed by atoms with Crippen molar-refractivity contribution in [2.45, 2.75) is 78.0 Å². The molecular weight excluding hydrogens is 489 g/mol. The Morgan fingerprint density at radius 2 is 1.73 bits per heavy atom. The van der Waals surface area contributed by atoms with Gasteiger partial charge in [-0.25, -0.2) is 4.99 Å². The highest BCUT2D eigenvalue weighted by Crippen LogP contribution is 2.40. The van der Waals surface area contributed by atoms with Crippen LogP contribution >= 0.6 is 24.0 Å². The van der Waals surface area contributed by atoms with Gasteiger partial charge in [0, 0.05) is 26.3 Å². The largest absolute Gasteiger partial charge is 0.381 e. The Morgan fingerprint density at radius 1 is 1.07 bits per heavy atom. The van der Waals surface area contributed by atoms with Gasteiger partial charge < -0.3 is 20.1 Å². The Kier molecular flexibility index (Phi) is 11.5. The minimum Gasteiger partial charge on any atom is -0.381 e. The summed E-state index contributed by atoms with van der Waals surface area (Å²) in [6, 6.07) is 8.66. The Balaban J connectivity index is 0.00000320. The lowest BCUT2D eigenvalue weighted by Gasteiger charge is -2.28. The summed E-state index contributed by atoms with van der Waals surface area (Å²) in [6.45, 7) is 9.37. The van der Waals surface area contributed by atoms with Crippen molar-refractivity contribution in [1.29, 1.82) is 0 Å². The van der Waals surface area contributed by atoms with Crippen LogP contribution in [0.4, 0.5) is 0 Å².